The number of nitrogen functional groups attached to an aromatic ring is 1. The number of rotatable bonds is 20. The Labute approximate surface area is 361 Å². The standard InChI is InChI=1S/C32H48N7O20P3S/c1-16-4-5-17(40)21(32(16)8-6-20(42)57-32)30(46)63-11-10-34-19(41)7-9-35-28(45)25(44)31(2,3)13-55-62(52,53)59-61(50,51)54-12-18-24(58-60(47,48)49)23(43)29(56-18)39-15-38-22-26(33)36-14-37-27(22)39/h14-16,18,23-25,29,40,43-44H,4-13H2,1-3H3,(H,34,41)(H,35,45)(H,50,51)(H,52,53)(H2,33,36,37)(H2,47,48,49)/t16-,18-,23-,24-,25+,29-,32-/m1/s1. The fraction of sp³-hybridized carbons (Fsp3) is 0.656. The van der Waals surface area contributed by atoms with Crippen molar-refractivity contribution >= 4 is 75.1 Å². The van der Waals surface area contributed by atoms with E-state index < -0.39 is 101 Å². The Kier molecular flexibility index (Phi) is 16.0. The SMILES string of the molecule is C[C@@H]1CCC(O)=C(C(=O)SCCNC(=O)CCNC(=O)[C@H](O)C(C)(C)COP(=O)(O)OP(=O)(O)OC[C@H]2O[C@@H](n3cnc4c(N)ncnc43)[C@H](O)[C@@H]2OP(=O)(O)O)[C@@]12CCC(=O)O2. The number of thioether (sulfide) groups is 1. The number of carbonyl (C=O) groups is 4. The smallest absolute Gasteiger partial charge is 0.481 e. The summed E-state index contributed by atoms with van der Waals surface area (Å²) < 4.78 is 67.8. The number of aliphatic hydroxyl groups excluding tert-OH is 3. The van der Waals surface area contributed by atoms with E-state index in [2.05, 4.69) is 34.4 Å². The first-order valence-electron chi connectivity index (χ1n) is 19.0. The van der Waals surface area contributed by atoms with E-state index in [4.69, 9.17) is 24.3 Å². The van der Waals surface area contributed by atoms with Gasteiger partial charge >= 0.3 is 29.4 Å². The number of nitrogens with zero attached hydrogens (tertiary/aromatic N) is 4. The molecule has 0 bridgehead atoms. The lowest BCUT2D eigenvalue weighted by Crippen LogP contribution is -2.46. The molecule has 63 heavy (non-hydrogen) atoms. The third-order valence-electron chi connectivity index (χ3n) is 10.3. The number of allylic oxidation sites excluding steroid dienone is 1. The maximum absolute atomic E-state index is 13.1. The highest BCUT2D eigenvalue weighted by atomic mass is 32.2. The van der Waals surface area contributed by atoms with Crippen LogP contribution in [0.5, 0.6) is 0 Å². The maximum Gasteiger partial charge on any atom is 0.481 e. The zero-order valence-electron chi connectivity index (χ0n) is 33.7. The molecule has 3 aliphatic rings. The molecule has 0 radical (unpaired) electrons. The highest BCUT2D eigenvalue weighted by Crippen LogP contribution is 2.61. The number of nitrogens with two attached hydrogens (primary N) is 1. The number of ether oxygens (including phenoxy) is 2. The molecule has 2 fully saturated rings. The van der Waals surface area contributed by atoms with Gasteiger partial charge in [0.2, 0.25) is 16.9 Å². The van der Waals surface area contributed by atoms with Gasteiger partial charge in [-0.3, -0.25) is 37.3 Å². The molecule has 2 aliphatic heterocycles. The summed E-state index contributed by atoms with van der Waals surface area (Å²) in [4.78, 5) is 101. The van der Waals surface area contributed by atoms with Crippen LogP contribution in [0.2, 0.25) is 0 Å². The number of aliphatic hydroxyl groups is 3. The zero-order chi connectivity index (χ0) is 46.7. The minimum atomic E-state index is -5.60. The van der Waals surface area contributed by atoms with Crippen LogP contribution >= 0.6 is 35.2 Å². The number of esters is 1. The molecule has 2 aromatic rings. The molecule has 1 spiro atoms. The molecule has 5 rings (SSSR count). The van der Waals surface area contributed by atoms with Crippen molar-refractivity contribution in [1.29, 1.82) is 0 Å². The molecule has 2 saturated heterocycles. The number of fused-ring (bicyclic) bond motifs is 1. The van der Waals surface area contributed by atoms with Crippen LogP contribution in [0, 0.1) is 11.3 Å². The number of hydrogen-bond acceptors (Lipinski definition) is 21. The van der Waals surface area contributed by atoms with Crippen molar-refractivity contribution in [2.45, 2.75) is 89.1 Å². The van der Waals surface area contributed by atoms with Gasteiger partial charge in [-0.05, 0) is 6.42 Å². The van der Waals surface area contributed by atoms with Crippen molar-refractivity contribution < 1.29 is 95.1 Å². The van der Waals surface area contributed by atoms with E-state index in [1.165, 1.54) is 13.8 Å². The Morgan fingerprint density at radius 1 is 1.08 bits per heavy atom. The number of aromatic nitrogens is 4. The van der Waals surface area contributed by atoms with Gasteiger partial charge in [-0.1, -0.05) is 32.5 Å². The average molecular weight is 976 g/mol. The Hall–Kier alpha value is -3.43. The first-order chi connectivity index (χ1) is 29.3. The van der Waals surface area contributed by atoms with Gasteiger partial charge in [-0.25, -0.2) is 28.6 Å². The molecule has 11 N–H and O–H groups in total. The van der Waals surface area contributed by atoms with Crippen molar-refractivity contribution in [2.24, 2.45) is 11.3 Å². The zero-order valence-corrected chi connectivity index (χ0v) is 37.2. The minimum absolute atomic E-state index is 0.0182. The van der Waals surface area contributed by atoms with Crippen molar-refractivity contribution in [2.75, 3.05) is 37.8 Å². The van der Waals surface area contributed by atoms with E-state index in [-0.39, 0.29) is 78.8 Å². The normalized spacial score (nSPS) is 26.6. The lowest BCUT2D eigenvalue weighted by molar-refractivity contribution is -0.150. The van der Waals surface area contributed by atoms with Gasteiger partial charge in [0, 0.05) is 55.9 Å². The van der Waals surface area contributed by atoms with Crippen LogP contribution in [0.1, 0.15) is 59.1 Å². The molecule has 2 amide bonds. The molecule has 31 heteroatoms. The Morgan fingerprint density at radius 3 is 2.44 bits per heavy atom. The molecule has 1 aliphatic carbocycles. The van der Waals surface area contributed by atoms with Crippen molar-refractivity contribution in [1.82, 2.24) is 30.2 Å². The molecular weight excluding hydrogens is 927 g/mol. The number of phosphoric acid groups is 3. The molecule has 0 aromatic carbocycles. The molecule has 352 valence electrons. The minimum Gasteiger partial charge on any atom is -0.512 e. The third kappa shape index (κ3) is 12.5. The summed E-state index contributed by atoms with van der Waals surface area (Å²) in [5, 5.41) is 36.5. The topological polar surface area (TPSA) is 410 Å². The molecule has 2 unspecified atom stereocenters. The lowest BCUT2D eigenvalue weighted by atomic mass is 9.73. The summed E-state index contributed by atoms with van der Waals surface area (Å²) >= 11 is 0.835. The van der Waals surface area contributed by atoms with Crippen LogP contribution in [-0.4, -0.2) is 139 Å². The van der Waals surface area contributed by atoms with E-state index >= 15 is 0 Å². The highest BCUT2D eigenvalue weighted by Gasteiger charge is 2.54. The van der Waals surface area contributed by atoms with Gasteiger partial charge in [0.05, 0.1) is 25.1 Å². The second-order valence-corrected chi connectivity index (χ2v) is 20.6. The number of nitrogens with one attached hydrogen (secondary N) is 2. The van der Waals surface area contributed by atoms with Crippen molar-refractivity contribution in [3.63, 3.8) is 0 Å². The Bertz CT molecular complexity index is 2240. The predicted molar refractivity (Wildman–Crippen MR) is 213 cm³/mol. The average Bonchev–Trinajstić information content (AvgIpc) is 3.88. The third-order valence-corrected chi connectivity index (χ3v) is 14.2. The maximum atomic E-state index is 13.1. The monoisotopic (exact) mass is 975 g/mol. The molecular formula is C32H48N7O20P3S. The summed E-state index contributed by atoms with van der Waals surface area (Å²) in [6, 6.07) is 0. The van der Waals surface area contributed by atoms with E-state index in [0.717, 1.165) is 29.0 Å². The summed E-state index contributed by atoms with van der Waals surface area (Å²) in [5.41, 5.74) is 3.08. The summed E-state index contributed by atoms with van der Waals surface area (Å²) in [6.45, 7) is 1.99. The van der Waals surface area contributed by atoms with Crippen LogP contribution in [0.4, 0.5) is 5.82 Å². The summed E-state index contributed by atoms with van der Waals surface area (Å²) in [6.07, 6.45) is -5.94. The molecule has 2 aromatic heterocycles. The molecule has 9 atom stereocenters. The molecule has 0 saturated carbocycles. The van der Waals surface area contributed by atoms with Gasteiger partial charge in [0.1, 0.15) is 47.6 Å². The van der Waals surface area contributed by atoms with Crippen molar-refractivity contribution in [3.05, 3.63) is 24.0 Å². The predicted octanol–water partition coefficient (Wildman–Crippen LogP) is -0.0175. The first kappa shape index (κ1) is 50.6. The number of imidazole rings is 1. The summed E-state index contributed by atoms with van der Waals surface area (Å²) in [5.74, 6) is -2.24. The Morgan fingerprint density at radius 2 is 1.78 bits per heavy atom. The van der Waals surface area contributed by atoms with Crippen LogP contribution in [0.15, 0.2) is 24.0 Å². The first-order valence-corrected chi connectivity index (χ1v) is 24.5. The quantitative estimate of drug-likeness (QED) is 0.0473. The fourth-order valence-electron chi connectivity index (χ4n) is 6.95. The van der Waals surface area contributed by atoms with Gasteiger partial charge in [0.25, 0.3) is 0 Å². The number of hydrogen-bond donors (Lipinski definition) is 10. The van der Waals surface area contributed by atoms with Crippen LogP contribution in [0.25, 0.3) is 11.2 Å². The van der Waals surface area contributed by atoms with Crippen LogP contribution in [0.3, 0.4) is 0 Å². The largest absolute Gasteiger partial charge is 0.512 e. The van der Waals surface area contributed by atoms with E-state index in [9.17, 15) is 67.8 Å². The lowest BCUT2D eigenvalue weighted by Gasteiger charge is -2.39. The molecule has 27 nitrogen and oxygen atoms in total. The van der Waals surface area contributed by atoms with Gasteiger partial charge < -0.3 is 60.7 Å². The van der Waals surface area contributed by atoms with Gasteiger partial charge in [0.15, 0.2) is 17.7 Å². The van der Waals surface area contributed by atoms with Crippen LogP contribution in [-0.2, 0) is 60.2 Å². The highest BCUT2D eigenvalue weighted by molar-refractivity contribution is 8.14. The summed E-state index contributed by atoms with van der Waals surface area (Å²) in [7, 11) is -16.5. The van der Waals surface area contributed by atoms with Crippen LogP contribution < -0.4 is 16.4 Å². The second-order valence-electron chi connectivity index (χ2n) is 15.3. The Balaban J connectivity index is 1.05. The van der Waals surface area contributed by atoms with Gasteiger partial charge in [-0.15, -0.1) is 0 Å². The number of amides is 2. The van der Waals surface area contributed by atoms with E-state index in [1.54, 1.807) is 0 Å². The molecule has 4 heterocycles. The fourth-order valence-corrected chi connectivity index (χ4v) is 10.6. The number of anilines is 1. The van der Waals surface area contributed by atoms with E-state index in [0.29, 0.717) is 6.42 Å². The number of carbonyl (C=O) groups excluding carboxylic acids is 4. The van der Waals surface area contributed by atoms with Gasteiger partial charge in [-0.2, -0.15) is 4.31 Å². The second kappa shape index (κ2) is 20.0. The van der Waals surface area contributed by atoms with Crippen molar-refractivity contribution in [3.8, 4) is 0 Å². The van der Waals surface area contributed by atoms with E-state index in [1.807, 2.05) is 6.92 Å². The number of phosphoric ester groups is 3.